The summed E-state index contributed by atoms with van der Waals surface area (Å²) in [6.45, 7) is 0.227. The van der Waals surface area contributed by atoms with Crippen molar-refractivity contribution < 1.29 is 22.0 Å². The first-order valence-corrected chi connectivity index (χ1v) is 7.20. The Morgan fingerprint density at radius 1 is 1.42 bits per heavy atom. The number of sulfone groups is 1. The Kier molecular flexibility index (Phi) is 3.65. The van der Waals surface area contributed by atoms with Crippen LogP contribution in [0.4, 0.5) is 0 Å². The van der Waals surface area contributed by atoms with Gasteiger partial charge in [0.05, 0.1) is 6.26 Å². The molecule has 0 unspecified atom stereocenters. The molecule has 0 aliphatic rings. The van der Waals surface area contributed by atoms with Gasteiger partial charge in [0.1, 0.15) is 0 Å². The van der Waals surface area contributed by atoms with Gasteiger partial charge in [-0.3, -0.25) is 4.79 Å². The molecule has 2 aromatic heterocycles. The molecule has 0 saturated carbocycles. The Bertz CT molecular complexity index is 659. The third kappa shape index (κ3) is 3.41. The van der Waals surface area contributed by atoms with Gasteiger partial charge in [0, 0.05) is 19.2 Å². The second kappa shape index (κ2) is 5.22. The maximum atomic E-state index is 11.5. The van der Waals surface area contributed by atoms with E-state index in [0.717, 1.165) is 6.26 Å². The van der Waals surface area contributed by atoms with Gasteiger partial charge in [0.15, 0.2) is 5.76 Å². The fourth-order valence-electron chi connectivity index (χ4n) is 1.27. The first-order valence-electron chi connectivity index (χ1n) is 5.31. The number of carbonyl (C=O) groups excluding carboxylic acids is 1. The van der Waals surface area contributed by atoms with Crippen molar-refractivity contribution in [2.45, 2.75) is 11.6 Å². The van der Waals surface area contributed by atoms with Crippen LogP contribution in [0.15, 0.2) is 32.5 Å². The number of furan rings is 1. The van der Waals surface area contributed by atoms with Crippen molar-refractivity contribution in [3.05, 3.63) is 30.0 Å². The van der Waals surface area contributed by atoms with Gasteiger partial charge in [-0.1, -0.05) is 5.10 Å². The Labute approximate surface area is 108 Å². The molecular weight excluding hydrogens is 274 g/mol. The molecule has 9 heteroatoms. The first-order chi connectivity index (χ1) is 8.97. The largest absolute Gasteiger partial charge is 0.459 e. The summed E-state index contributed by atoms with van der Waals surface area (Å²) in [7, 11) is -3.50. The zero-order valence-corrected chi connectivity index (χ0v) is 10.8. The van der Waals surface area contributed by atoms with Gasteiger partial charge in [0.25, 0.3) is 5.91 Å². The lowest BCUT2D eigenvalue weighted by atomic mass is 10.4. The van der Waals surface area contributed by atoms with E-state index in [2.05, 4.69) is 15.5 Å². The molecule has 102 valence electrons. The van der Waals surface area contributed by atoms with Crippen molar-refractivity contribution in [2.75, 3.05) is 12.8 Å². The molecule has 0 bridgehead atoms. The summed E-state index contributed by atoms with van der Waals surface area (Å²) < 4.78 is 32.1. The summed E-state index contributed by atoms with van der Waals surface area (Å²) >= 11 is 0. The molecule has 0 aliphatic heterocycles. The molecule has 2 aromatic rings. The van der Waals surface area contributed by atoms with E-state index in [9.17, 15) is 13.2 Å². The molecule has 1 amide bonds. The lowest BCUT2D eigenvalue weighted by molar-refractivity contribution is 0.0926. The monoisotopic (exact) mass is 285 g/mol. The molecule has 2 rings (SSSR count). The van der Waals surface area contributed by atoms with Crippen molar-refractivity contribution >= 4 is 15.7 Å². The van der Waals surface area contributed by atoms with Gasteiger partial charge in [-0.15, -0.1) is 5.10 Å². The fraction of sp³-hybridized carbons (Fsp3) is 0.300. The Morgan fingerprint density at radius 2 is 2.21 bits per heavy atom. The molecule has 2 heterocycles. The molecule has 19 heavy (non-hydrogen) atoms. The summed E-state index contributed by atoms with van der Waals surface area (Å²) in [5.41, 5.74) is 0. The van der Waals surface area contributed by atoms with Crippen molar-refractivity contribution in [3.63, 3.8) is 0 Å². The van der Waals surface area contributed by atoms with Crippen LogP contribution in [-0.4, -0.2) is 37.3 Å². The van der Waals surface area contributed by atoms with E-state index in [1.54, 1.807) is 6.07 Å². The summed E-state index contributed by atoms with van der Waals surface area (Å²) in [5, 5.41) is 9.11. The third-order valence-electron chi connectivity index (χ3n) is 2.13. The van der Waals surface area contributed by atoms with Crippen LogP contribution in [0.3, 0.4) is 0 Å². The van der Waals surface area contributed by atoms with Crippen LogP contribution in [-0.2, 0) is 16.3 Å². The van der Waals surface area contributed by atoms with E-state index in [0.29, 0.717) is 0 Å². The van der Waals surface area contributed by atoms with E-state index in [1.165, 1.54) is 12.3 Å². The van der Waals surface area contributed by atoms with Crippen LogP contribution >= 0.6 is 0 Å². The van der Waals surface area contributed by atoms with E-state index < -0.39 is 15.1 Å². The third-order valence-corrected chi connectivity index (χ3v) is 2.93. The maximum Gasteiger partial charge on any atom is 0.335 e. The van der Waals surface area contributed by atoms with Gasteiger partial charge in [0.2, 0.25) is 15.7 Å². The lowest BCUT2D eigenvalue weighted by Crippen LogP contribution is -2.25. The molecule has 8 nitrogen and oxygen atoms in total. The van der Waals surface area contributed by atoms with Gasteiger partial charge in [-0.2, -0.15) is 0 Å². The Hall–Kier alpha value is -2.16. The van der Waals surface area contributed by atoms with Crippen molar-refractivity contribution in [1.29, 1.82) is 0 Å². The molecule has 0 aromatic carbocycles. The zero-order chi connectivity index (χ0) is 13.9. The van der Waals surface area contributed by atoms with E-state index >= 15 is 0 Å². The van der Waals surface area contributed by atoms with Crippen LogP contribution in [0.5, 0.6) is 0 Å². The highest BCUT2D eigenvalue weighted by molar-refractivity contribution is 7.90. The van der Waals surface area contributed by atoms with E-state index in [4.69, 9.17) is 8.83 Å². The van der Waals surface area contributed by atoms with Crippen LogP contribution in [0, 0.1) is 0 Å². The number of carbonyl (C=O) groups is 1. The number of hydrogen-bond acceptors (Lipinski definition) is 7. The number of amides is 1. The highest BCUT2D eigenvalue weighted by Gasteiger charge is 2.16. The molecule has 0 fully saturated rings. The summed E-state index contributed by atoms with van der Waals surface area (Å²) in [6.07, 6.45) is 2.60. The SMILES string of the molecule is CS(=O)(=O)c1nnc(CCNC(=O)c2ccco2)o1. The van der Waals surface area contributed by atoms with Crippen molar-refractivity contribution in [1.82, 2.24) is 15.5 Å². The molecular formula is C10H11N3O5S. The van der Waals surface area contributed by atoms with Gasteiger partial charge in [-0.05, 0) is 12.1 Å². The van der Waals surface area contributed by atoms with Crippen LogP contribution in [0.1, 0.15) is 16.4 Å². The van der Waals surface area contributed by atoms with Crippen LogP contribution in [0.25, 0.3) is 0 Å². The van der Waals surface area contributed by atoms with Crippen LogP contribution < -0.4 is 5.32 Å². The zero-order valence-electron chi connectivity index (χ0n) is 9.99. The highest BCUT2D eigenvalue weighted by Crippen LogP contribution is 2.06. The molecule has 1 N–H and O–H groups in total. The summed E-state index contributed by atoms with van der Waals surface area (Å²) in [4.78, 5) is 11.5. The minimum absolute atomic E-state index is 0.139. The molecule has 0 radical (unpaired) electrons. The van der Waals surface area contributed by atoms with Gasteiger partial charge in [-0.25, -0.2) is 8.42 Å². The van der Waals surface area contributed by atoms with Gasteiger partial charge < -0.3 is 14.2 Å². The molecule has 0 atom stereocenters. The Balaban J connectivity index is 1.86. The standard InChI is InChI=1S/C10H11N3O5S/c1-19(15,16)10-13-12-8(18-10)4-5-11-9(14)7-3-2-6-17-7/h2-3,6H,4-5H2,1H3,(H,11,14). The Morgan fingerprint density at radius 3 is 2.79 bits per heavy atom. The fourth-order valence-corrected chi connectivity index (χ4v) is 1.70. The maximum absolute atomic E-state index is 11.5. The predicted octanol–water partition coefficient (Wildman–Crippen LogP) is 0.0386. The van der Waals surface area contributed by atoms with Crippen molar-refractivity contribution in [2.24, 2.45) is 0 Å². The number of aromatic nitrogens is 2. The normalized spacial score (nSPS) is 11.4. The number of nitrogens with one attached hydrogen (secondary N) is 1. The molecule has 0 spiro atoms. The smallest absolute Gasteiger partial charge is 0.335 e. The number of nitrogens with zero attached hydrogens (tertiary/aromatic N) is 2. The molecule has 0 saturated heterocycles. The average Bonchev–Trinajstić information content (AvgIpc) is 2.99. The lowest BCUT2D eigenvalue weighted by Gasteiger charge is -1.99. The average molecular weight is 285 g/mol. The minimum Gasteiger partial charge on any atom is -0.459 e. The van der Waals surface area contributed by atoms with E-state index in [1.807, 2.05) is 0 Å². The topological polar surface area (TPSA) is 115 Å². The highest BCUT2D eigenvalue weighted by atomic mass is 32.2. The summed E-state index contributed by atoms with van der Waals surface area (Å²) in [5.74, 6) is -0.0321. The van der Waals surface area contributed by atoms with Crippen molar-refractivity contribution in [3.8, 4) is 0 Å². The second-order valence-corrected chi connectivity index (χ2v) is 5.61. The van der Waals surface area contributed by atoms with Crippen LogP contribution in [0.2, 0.25) is 0 Å². The second-order valence-electron chi connectivity index (χ2n) is 3.72. The number of rotatable bonds is 5. The van der Waals surface area contributed by atoms with Gasteiger partial charge >= 0.3 is 5.22 Å². The predicted molar refractivity (Wildman–Crippen MR) is 62.2 cm³/mol. The quantitative estimate of drug-likeness (QED) is 0.824. The van der Waals surface area contributed by atoms with E-state index in [-0.39, 0.29) is 30.5 Å². The number of hydrogen-bond donors (Lipinski definition) is 1. The minimum atomic E-state index is -3.50. The first kappa shape index (κ1) is 13.3. The molecule has 0 aliphatic carbocycles. The summed E-state index contributed by atoms with van der Waals surface area (Å²) in [6, 6.07) is 3.13.